The van der Waals surface area contributed by atoms with E-state index < -0.39 is 36.6 Å². The van der Waals surface area contributed by atoms with Crippen LogP contribution in [0.15, 0.2) is 36.8 Å². The predicted octanol–water partition coefficient (Wildman–Crippen LogP) is 1.35. The molecule has 0 spiro atoms. The Hall–Kier alpha value is -3.58. The first-order valence-corrected chi connectivity index (χ1v) is 9.82. The van der Waals surface area contributed by atoms with Crippen molar-refractivity contribution in [3.63, 3.8) is 0 Å². The number of carbonyl (C=O) groups is 1. The lowest BCUT2D eigenvalue weighted by Gasteiger charge is -2.16. The zero-order chi connectivity index (χ0) is 23.8. The zero-order valence-electron chi connectivity index (χ0n) is 17.0. The van der Waals surface area contributed by atoms with Gasteiger partial charge < -0.3 is 21.5 Å². The summed E-state index contributed by atoms with van der Waals surface area (Å²) >= 11 is 0. The van der Waals surface area contributed by atoms with Crippen molar-refractivity contribution in [2.45, 2.75) is 24.9 Å². The molecule has 1 amide bonds. The predicted molar refractivity (Wildman–Crippen MR) is 109 cm³/mol. The van der Waals surface area contributed by atoms with Crippen molar-refractivity contribution < 1.29 is 27.5 Å². The number of rotatable bonds is 5. The lowest BCUT2D eigenvalue weighted by Crippen LogP contribution is -2.43. The maximum Gasteiger partial charge on any atom is 0.408 e. The van der Waals surface area contributed by atoms with E-state index in [9.17, 15) is 27.5 Å². The number of β-amino-alcohol motifs (C(OH)–C–C–N with tert-alkyl or cyclic N) is 1. The van der Waals surface area contributed by atoms with Crippen molar-refractivity contribution in [2.24, 2.45) is 0 Å². The summed E-state index contributed by atoms with van der Waals surface area (Å²) in [7, 11) is 0. The van der Waals surface area contributed by atoms with Crippen LogP contribution >= 0.6 is 0 Å². The van der Waals surface area contributed by atoms with E-state index in [0.717, 1.165) is 10.7 Å². The standard InChI is InChI=1S/C20H19F4N7O2/c21-13-2-1-10(11-4-28-31(8-11)9-20(22,23)24)3-12(13)14-6-27-18(25)17(29-14)19(33)30-15-5-26-7-16(15)32/h1-4,6,8,15-16,26,32H,5,7,9H2,(H2,25,27)(H,30,33). The summed E-state index contributed by atoms with van der Waals surface area (Å²) in [5.41, 5.74) is 6.24. The van der Waals surface area contributed by atoms with Gasteiger partial charge in [-0.15, -0.1) is 0 Å². The summed E-state index contributed by atoms with van der Waals surface area (Å²) in [6, 6.07) is 3.34. The van der Waals surface area contributed by atoms with Crippen LogP contribution in [-0.2, 0) is 6.54 Å². The second kappa shape index (κ2) is 8.75. The van der Waals surface area contributed by atoms with Crippen LogP contribution < -0.4 is 16.4 Å². The molecule has 9 nitrogen and oxygen atoms in total. The normalized spacial score (nSPS) is 18.5. The molecule has 0 aliphatic carbocycles. The van der Waals surface area contributed by atoms with Crippen LogP contribution in [0.2, 0.25) is 0 Å². The van der Waals surface area contributed by atoms with Gasteiger partial charge in [-0.3, -0.25) is 9.48 Å². The Morgan fingerprint density at radius 3 is 2.76 bits per heavy atom. The van der Waals surface area contributed by atoms with Gasteiger partial charge in [-0.05, 0) is 17.7 Å². The molecular weight excluding hydrogens is 446 g/mol. The van der Waals surface area contributed by atoms with Crippen LogP contribution in [0.1, 0.15) is 10.5 Å². The Balaban J connectivity index is 1.63. The summed E-state index contributed by atoms with van der Waals surface area (Å²) in [6.07, 6.45) is -1.60. The zero-order valence-corrected chi connectivity index (χ0v) is 17.0. The smallest absolute Gasteiger partial charge is 0.390 e. The van der Waals surface area contributed by atoms with Gasteiger partial charge >= 0.3 is 6.18 Å². The molecule has 2 aromatic heterocycles. The molecule has 1 aliphatic heterocycles. The molecule has 13 heteroatoms. The van der Waals surface area contributed by atoms with Gasteiger partial charge in [0.1, 0.15) is 12.4 Å². The fourth-order valence-electron chi connectivity index (χ4n) is 3.43. The van der Waals surface area contributed by atoms with Crippen LogP contribution in [0.5, 0.6) is 0 Å². The largest absolute Gasteiger partial charge is 0.408 e. The lowest BCUT2D eigenvalue weighted by molar-refractivity contribution is -0.142. The Kier molecular flexibility index (Phi) is 5.99. The minimum absolute atomic E-state index is 0.00137. The minimum atomic E-state index is -4.43. The summed E-state index contributed by atoms with van der Waals surface area (Å²) in [5, 5.41) is 19.1. The number of nitrogen functional groups attached to an aromatic ring is 1. The third-order valence-electron chi connectivity index (χ3n) is 5.06. The molecule has 3 heterocycles. The first-order valence-electron chi connectivity index (χ1n) is 9.82. The Bertz CT molecular complexity index is 1180. The maximum absolute atomic E-state index is 14.6. The van der Waals surface area contributed by atoms with Crippen LogP contribution in [0.25, 0.3) is 22.4 Å². The van der Waals surface area contributed by atoms with E-state index in [2.05, 4.69) is 25.7 Å². The number of hydrogen-bond donors (Lipinski definition) is 4. The maximum atomic E-state index is 14.6. The van der Waals surface area contributed by atoms with E-state index in [1.807, 2.05) is 0 Å². The van der Waals surface area contributed by atoms with Crippen molar-refractivity contribution in [2.75, 3.05) is 18.8 Å². The SMILES string of the molecule is Nc1ncc(-c2cc(-c3cnn(CC(F)(F)F)c3)ccc2F)nc1C(=O)NC1CNCC1O. The van der Waals surface area contributed by atoms with E-state index in [0.29, 0.717) is 24.2 Å². The number of nitrogens with one attached hydrogen (secondary N) is 2. The molecule has 2 unspecified atom stereocenters. The number of halogens is 4. The van der Waals surface area contributed by atoms with Crippen LogP contribution in [0.4, 0.5) is 23.4 Å². The van der Waals surface area contributed by atoms with E-state index in [-0.39, 0.29) is 22.8 Å². The molecule has 0 bridgehead atoms. The Labute approximate surface area is 184 Å². The number of benzene rings is 1. The number of aromatic nitrogens is 4. The highest BCUT2D eigenvalue weighted by Crippen LogP contribution is 2.29. The number of nitrogens with two attached hydrogens (primary N) is 1. The second-order valence-corrected chi connectivity index (χ2v) is 7.53. The number of aliphatic hydroxyl groups excluding tert-OH is 1. The van der Waals surface area contributed by atoms with E-state index in [4.69, 9.17) is 5.73 Å². The van der Waals surface area contributed by atoms with E-state index in [1.165, 1.54) is 30.7 Å². The molecular formula is C20H19F4N7O2. The fraction of sp³-hybridized carbons (Fsp3) is 0.300. The van der Waals surface area contributed by atoms with Gasteiger partial charge in [0.15, 0.2) is 11.5 Å². The number of nitrogens with zero attached hydrogens (tertiary/aromatic N) is 4. The Morgan fingerprint density at radius 1 is 1.27 bits per heavy atom. The molecule has 2 atom stereocenters. The first-order chi connectivity index (χ1) is 15.6. The third kappa shape index (κ3) is 5.09. The minimum Gasteiger partial charge on any atom is -0.390 e. The average molecular weight is 465 g/mol. The van der Waals surface area contributed by atoms with Gasteiger partial charge in [-0.1, -0.05) is 6.07 Å². The second-order valence-electron chi connectivity index (χ2n) is 7.53. The van der Waals surface area contributed by atoms with Gasteiger partial charge in [-0.25, -0.2) is 14.4 Å². The molecule has 3 aromatic rings. The summed E-state index contributed by atoms with van der Waals surface area (Å²) in [5.74, 6) is -1.54. The molecule has 33 heavy (non-hydrogen) atoms. The van der Waals surface area contributed by atoms with Crippen molar-refractivity contribution in [1.82, 2.24) is 30.4 Å². The van der Waals surface area contributed by atoms with Gasteiger partial charge in [0, 0.05) is 30.4 Å². The monoisotopic (exact) mass is 465 g/mol. The van der Waals surface area contributed by atoms with Gasteiger partial charge in [0.25, 0.3) is 5.91 Å². The number of carbonyl (C=O) groups excluding carboxylic acids is 1. The van der Waals surface area contributed by atoms with Crippen LogP contribution in [-0.4, -0.2) is 62.2 Å². The summed E-state index contributed by atoms with van der Waals surface area (Å²) in [4.78, 5) is 20.7. The lowest BCUT2D eigenvalue weighted by atomic mass is 10.0. The van der Waals surface area contributed by atoms with Gasteiger partial charge in [0.05, 0.1) is 30.2 Å². The van der Waals surface area contributed by atoms with Crippen molar-refractivity contribution in [3.05, 3.63) is 48.3 Å². The topological polar surface area (TPSA) is 131 Å². The third-order valence-corrected chi connectivity index (χ3v) is 5.06. The quantitative estimate of drug-likeness (QED) is 0.419. The Morgan fingerprint density at radius 2 is 2.06 bits per heavy atom. The molecule has 1 fully saturated rings. The van der Waals surface area contributed by atoms with Crippen LogP contribution in [0, 0.1) is 5.82 Å². The molecule has 0 radical (unpaired) electrons. The highest BCUT2D eigenvalue weighted by molar-refractivity contribution is 5.97. The van der Waals surface area contributed by atoms with Crippen molar-refractivity contribution in [1.29, 1.82) is 0 Å². The number of aliphatic hydroxyl groups is 1. The highest BCUT2D eigenvalue weighted by Gasteiger charge is 2.29. The van der Waals surface area contributed by atoms with Gasteiger partial charge in [-0.2, -0.15) is 18.3 Å². The number of alkyl halides is 3. The molecule has 4 rings (SSSR count). The average Bonchev–Trinajstić information content (AvgIpc) is 3.36. The number of anilines is 1. The van der Waals surface area contributed by atoms with Crippen LogP contribution in [0.3, 0.4) is 0 Å². The fourth-order valence-corrected chi connectivity index (χ4v) is 3.43. The van der Waals surface area contributed by atoms with Crippen molar-refractivity contribution >= 4 is 11.7 Å². The molecule has 174 valence electrons. The summed E-state index contributed by atoms with van der Waals surface area (Å²) in [6.45, 7) is -0.573. The molecule has 1 aromatic carbocycles. The van der Waals surface area contributed by atoms with Crippen molar-refractivity contribution in [3.8, 4) is 22.4 Å². The molecule has 1 aliphatic rings. The summed E-state index contributed by atoms with van der Waals surface area (Å²) < 4.78 is 53.1. The number of hydrogen-bond acceptors (Lipinski definition) is 7. The first kappa shape index (κ1) is 22.6. The van der Waals surface area contributed by atoms with Gasteiger partial charge in [0.2, 0.25) is 0 Å². The van der Waals surface area contributed by atoms with E-state index >= 15 is 0 Å². The molecule has 1 saturated heterocycles. The highest BCUT2D eigenvalue weighted by atomic mass is 19.4. The molecule has 0 saturated carbocycles. The van der Waals surface area contributed by atoms with E-state index in [1.54, 1.807) is 0 Å². The number of amides is 1. The molecule has 5 N–H and O–H groups in total.